The van der Waals surface area contributed by atoms with Crippen molar-refractivity contribution in [1.29, 1.82) is 0 Å². The van der Waals surface area contributed by atoms with Crippen molar-refractivity contribution < 1.29 is 5.11 Å². The molecule has 2 unspecified atom stereocenters. The van der Waals surface area contributed by atoms with Crippen LogP contribution in [0.1, 0.15) is 39.1 Å². The fourth-order valence-electron chi connectivity index (χ4n) is 2.25. The number of aryl methyl sites for hydroxylation is 2. The minimum atomic E-state index is -0.289. The molecule has 0 aliphatic rings. The topological polar surface area (TPSA) is 38.0 Å². The van der Waals surface area contributed by atoms with E-state index in [2.05, 4.69) is 41.8 Å². The van der Waals surface area contributed by atoms with E-state index in [0.29, 0.717) is 5.92 Å². The predicted molar refractivity (Wildman–Crippen MR) is 74.1 cm³/mol. The average molecular weight is 303 g/mol. The number of aliphatic hydroxyl groups is 1. The zero-order valence-electron chi connectivity index (χ0n) is 11.4. The van der Waals surface area contributed by atoms with Gasteiger partial charge in [-0.1, -0.05) is 13.8 Å². The van der Waals surface area contributed by atoms with Gasteiger partial charge in [0.15, 0.2) is 0 Å². The first kappa shape index (κ1) is 14.7. The van der Waals surface area contributed by atoms with Crippen LogP contribution in [0.25, 0.3) is 0 Å². The molecule has 0 aliphatic carbocycles. The quantitative estimate of drug-likeness (QED) is 0.907. The number of nitrogens with zero attached hydrogens (tertiary/aromatic N) is 2. The van der Waals surface area contributed by atoms with Crippen LogP contribution in [0.3, 0.4) is 0 Å². The van der Waals surface area contributed by atoms with Crippen LogP contribution in [0.5, 0.6) is 0 Å². The van der Waals surface area contributed by atoms with Crippen LogP contribution in [-0.2, 0) is 13.0 Å². The Hall–Kier alpha value is -0.350. The average Bonchev–Trinajstić information content (AvgIpc) is 2.51. The van der Waals surface area contributed by atoms with Crippen LogP contribution >= 0.6 is 15.9 Å². The lowest BCUT2D eigenvalue weighted by atomic mass is 9.87. The molecule has 0 fully saturated rings. The Balaban J connectivity index is 3.00. The first-order valence-corrected chi connectivity index (χ1v) is 7.07. The summed E-state index contributed by atoms with van der Waals surface area (Å²) >= 11 is 3.60. The minimum absolute atomic E-state index is 0.271. The summed E-state index contributed by atoms with van der Waals surface area (Å²) in [6, 6.07) is 0. The third-order valence-corrected chi connectivity index (χ3v) is 4.39. The number of hydrogen-bond donors (Lipinski definition) is 1. The molecule has 2 atom stereocenters. The van der Waals surface area contributed by atoms with E-state index in [9.17, 15) is 5.11 Å². The lowest BCUT2D eigenvalue weighted by molar-refractivity contribution is 0.0962. The fraction of sp³-hybridized carbons (Fsp3) is 0.769. The van der Waals surface area contributed by atoms with Gasteiger partial charge in [0.05, 0.1) is 22.0 Å². The lowest BCUT2D eigenvalue weighted by Gasteiger charge is -2.24. The van der Waals surface area contributed by atoms with E-state index in [1.54, 1.807) is 0 Å². The smallest absolute Gasteiger partial charge is 0.0738 e. The molecule has 0 radical (unpaired) electrons. The standard InChI is InChI=1S/C13H23BrN2O/c1-6-16-12(13(14)9(4)15-16)7-11(8(2)3)10(5)17/h8,10-11,17H,6-7H2,1-5H3. The SMILES string of the molecule is CCn1nc(C)c(Br)c1CC(C(C)C)C(C)O. The molecule has 0 aliphatic heterocycles. The molecule has 1 aromatic heterocycles. The summed E-state index contributed by atoms with van der Waals surface area (Å²) in [4.78, 5) is 0. The summed E-state index contributed by atoms with van der Waals surface area (Å²) in [6.07, 6.45) is 0.576. The minimum Gasteiger partial charge on any atom is -0.393 e. The summed E-state index contributed by atoms with van der Waals surface area (Å²) in [6.45, 7) is 11.2. The van der Waals surface area contributed by atoms with E-state index in [0.717, 1.165) is 23.1 Å². The van der Waals surface area contributed by atoms with Gasteiger partial charge < -0.3 is 5.11 Å². The van der Waals surface area contributed by atoms with Gasteiger partial charge in [-0.3, -0.25) is 4.68 Å². The molecule has 1 N–H and O–H groups in total. The van der Waals surface area contributed by atoms with Crippen LogP contribution in [-0.4, -0.2) is 21.0 Å². The van der Waals surface area contributed by atoms with E-state index in [1.165, 1.54) is 5.69 Å². The number of aromatic nitrogens is 2. The van der Waals surface area contributed by atoms with Crippen LogP contribution in [0.2, 0.25) is 0 Å². The second-order valence-electron chi connectivity index (χ2n) is 5.01. The van der Waals surface area contributed by atoms with Crippen molar-refractivity contribution in [1.82, 2.24) is 9.78 Å². The van der Waals surface area contributed by atoms with Gasteiger partial charge in [-0.15, -0.1) is 0 Å². The molecule has 4 heteroatoms. The number of hydrogen-bond acceptors (Lipinski definition) is 2. The monoisotopic (exact) mass is 302 g/mol. The van der Waals surface area contributed by atoms with Crippen molar-refractivity contribution in [3.05, 3.63) is 15.9 Å². The maximum absolute atomic E-state index is 9.86. The molecule has 3 nitrogen and oxygen atoms in total. The van der Waals surface area contributed by atoms with Gasteiger partial charge >= 0.3 is 0 Å². The normalized spacial score (nSPS) is 15.3. The molecular weight excluding hydrogens is 280 g/mol. The summed E-state index contributed by atoms with van der Waals surface area (Å²) in [5, 5.41) is 14.3. The Morgan fingerprint density at radius 2 is 1.94 bits per heavy atom. The van der Waals surface area contributed by atoms with E-state index in [1.807, 2.05) is 18.5 Å². The molecule has 1 aromatic rings. The Morgan fingerprint density at radius 1 is 1.35 bits per heavy atom. The van der Waals surface area contributed by atoms with Gasteiger partial charge in [0.25, 0.3) is 0 Å². The van der Waals surface area contributed by atoms with Crippen molar-refractivity contribution in [3.63, 3.8) is 0 Å². The Morgan fingerprint density at radius 3 is 2.35 bits per heavy atom. The zero-order chi connectivity index (χ0) is 13.2. The molecule has 17 heavy (non-hydrogen) atoms. The third kappa shape index (κ3) is 3.32. The van der Waals surface area contributed by atoms with Crippen LogP contribution < -0.4 is 0 Å². The highest BCUT2D eigenvalue weighted by atomic mass is 79.9. The molecule has 0 aromatic carbocycles. The van der Waals surface area contributed by atoms with E-state index in [-0.39, 0.29) is 12.0 Å². The van der Waals surface area contributed by atoms with Gasteiger partial charge in [-0.25, -0.2) is 0 Å². The molecule has 0 bridgehead atoms. The summed E-state index contributed by atoms with van der Waals surface area (Å²) in [7, 11) is 0. The second-order valence-corrected chi connectivity index (χ2v) is 5.81. The highest BCUT2D eigenvalue weighted by Gasteiger charge is 2.23. The molecule has 0 saturated heterocycles. The van der Waals surface area contributed by atoms with Crippen LogP contribution in [0.4, 0.5) is 0 Å². The molecule has 1 heterocycles. The maximum atomic E-state index is 9.86. The van der Waals surface area contributed by atoms with Gasteiger partial charge in [0, 0.05) is 6.54 Å². The Labute approximate surface area is 112 Å². The van der Waals surface area contributed by atoms with E-state index < -0.39 is 0 Å². The molecule has 0 spiro atoms. The second kappa shape index (κ2) is 6.01. The highest BCUT2D eigenvalue weighted by Crippen LogP contribution is 2.27. The molecular formula is C13H23BrN2O. The van der Waals surface area contributed by atoms with Crippen molar-refractivity contribution in [3.8, 4) is 0 Å². The summed E-state index contributed by atoms with van der Waals surface area (Å²) in [5.41, 5.74) is 2.22. The van der Waals surface area contributed by atoms with Gasteiger partial charge in [-0.05, 0) is 55.0 Å². The van der Waals surface area contributed by atoms with Crippen molar-refractivity contribution in [2.24, 2.45) is 11.8 Å². The third-order valence-electron chi connectivity index (χ3n) is 3.36. The molecule has 0 saturated carbocycles. The van der Waals surface area contributed by atoms with Crippen LogP contribution in [0, 0.1) is 18.8 Å². The Bertz CT molecular complexity index is 364. The number of rotatable bonds is 5. The maximum Gasteiger partial charge on any atom is 0.0738 e. The van der Waals surface area contributed by atoms with E-state index in [4.69, 9.17) is 0 Å². The highest BCUT2D eigenvalue weighted by molar-refractivity contribution is 9.10. The number of aliphatic hydroxyl groups excluding tert-OH is 1. The van der Waals surface area contributed by atoms with Crippen molar-refractivity contribution >= 4 is 15.9 Å². The molecule has 98 valence electrons. The molecule has 1 rings (SSSR count). The number of halogens is 1. The van der Waals surface area contributed by atoms with Crippen molar-refractivity contribution in [2.45, 2.75) is 53.7 Å². The van der Waals surface area contributed by atoms with Gasteiger partial charge in [-0.2, -0.15) is 5.10 Å². The largest absolute Gasteiger partial charge is 0.393 e. The predicted octanol–water partition coefficient (Wildman–Crippen LogP) is 3.17. The summed E-state index contributed by atoms with van der Waals surface area (Å²) in [5.74, 6) is 0.732. The summed E-state index contributed by atoms with van der Waals surface area (Å²) < 4.78 is 3.11. The lowest BCUT2D eigenvalue weighted by Crippen LogP contribution is -2.25. The molecule has 0 amide bonds. The Kier molecular flexibility index (Phi) is 5.20. The first-order valence-electron chi connectivity index (χ1n) is 6.28. The first-order chi connectivity index (χ1) is 7.88. The van der Waals surface area contributed by atoms with Gasteiger partial charge in [0.1, 0.15) is 0 Å². The van der Waals surface area contributed by atoms with Crippen LogP contribution in [0.15, 0.2) is 4.47 Å². The van der Waals surface area contributed by atoms with E-state index >= 15 is 0 Å². The van der Waals surface area contributed by atoms with Crippen molar-refractivity contribution in [2.75, 3.05) is 0 Å². The fourth-order valence-corrected chi connectivity index (χ4v) is 2.70. The van der Waals surface area contributed by atoms with Gasteiger partial charge in [0.2, 0.25) is 0 Å². The zero-order valence-corrected chi connectivity index (χ0v) is 13.0.